The van der Waals surface area contributed by atoms with Crippen LogP contribution in [0.15, 0.2) is 53.6 Å². The van der Waals surface area contributed by atoms with Crippen LogP contribution in [0.4, 0.5) is 10.1 Å². The number of ether oxygens (including phenoxy) is 1. The minimum atomic E-state index is -0.283. The van der Waals surface area contributed by atoms with Crippen molar-refractivity contribution in [3.8, 4) is 5.75 Å². The Bertz CT molecular complexity index is 577. The molecule has 0 N–H and O–H groups in total. The summed E-state index contributed by atoms with van der Waals surface area (Å²) in [5.74, 6) is 0.353. The molecule has 0 bridgehead atoms. The lowest BCUT2D eigenvalue weighted by molar-refractivity contribution is 0.305. The van der Waals surface area contributed by atoms with Crippen molar-refractivity contribution in [2.45, 2.75) is 6.61 Å². The Kier molecular flexibility index (Phi) is 3.79. The lowest BCUT2D eigenvalue weighted by Gasteiger charge is -2.06. The summed E-state index contributed by atoms with van der Waals surface area (Å²) in [6, 6.07) is 12.9. The van der Waals surface area contributed by atoms with Gasteiger partial charge in [0, 0.05) is 10.6 Å². The quantitative estimate of drug-likeness (QED) is 0.447. The first kappa shape index (κ1) is 12.0. The maximum atomic E-state index is 12.9. The van der Waals surface area contributed by atoms with Gasteiger partial charge in [0.05, 0.1) is 0 Å². The third kappa shape index (κ3) is 3.23. The summed E-state index contributed by atoms with van der Waals surface area (Å²) in [7, 11) is 0. The molecule has 5 heteroatoms. The van der Waals surface area contributed by atoms with E-state index in [1.165, 1.54) is 12.1 Å². The zero-order valence-corrected chi connectivity index (χ0v) is 9.45. The summed E-state index contributed by atoms with van der Waals surface area (Å²) in [5, 5.41) is 3.45. The van der Waals surface area contributed by atoms with E-state index in [0.717, 1.165) is 5.56 Å². The lowest BCUT2D eigenvalue weighted by Crippen LogP contribution is -1.95. The summed E-state index contributed by atoms with van der Waals surface area (Å²) in [6.07, 6.45) is 0. The van der Waals surface area contributed by atoms with Crippen LogP contribution >= 0.6 is 0 Å². The summed E-state index contributed by atoms with van der Waals surface area (Å²) < 4.78 is 18.4. The predicted molar refractivity (Wildman–Crippen MR) is 66.0 cm³/mol. The van der Waals surface area contributed by atoms with Gasteiger partial charge in [-0.25, -0.2) is 4.39 Å². The molecule has 2 aromatic rings. The van der Waals surface area contributed by atoms with Gasteiger partial charge in [0.25, 0.3) is 0 Å². The second kappa shape index (κ2) is 5.70. The van der Waals surface area contributed by atoms with Crippen molar-refractivity contribution in [3.63, 3.8) is 0 Å². The average molecular weight is 243 g/mol. The summed E-state index contributed by atoms with van der Waals surface area (Å²) >= 11 is 0. The van der Waals surface area contributed by atoms with Crippen molar-refractivity contribution < 1.29 is 9.13 Å². The van der Waals surface area contributed by atoms with E-state index in [2.05, 4.69) is 10.0 Å². The first-order valence-corrected chi connectivity index (χ1v) is 5.30. The van der Waals surface area contributed by atoms with Crippen LogP contribution in [-0.2, 0) is 6.61 Å². The Balaban J connectivity index is 2.00. The van der Waals surface area contributed by atoms with Crippen molar-refractivity contribution in [2.24, 2.45) is 5.11 Å². The molecular formula is C13H10FN3O. The topological polar surface area (TPSA) is 58.0 Å². The molecule has 2 rings (SSSR count). The average Bonchev–Trinajstić information content (AvgIpc) is 2.38. The molecule has 4 nitrogen and oxygen atoms in total. The monoisotopic (exact) mass is 243 g/mol. The normalized spacial score (nSPS) is 9.61. The molecule has 0 saturated carbocycles. The van der Waals surface area contributed by atoms with Crippen LogP contribution < -0.4 is 4.74 Å². The van der Waals surface area contributed by atoms with Gasteiger partial charge < -0.3 is 4.74 Å². The number of rotatable bonds is 4. The Morgan fingerprint density at radius 2 is 1.94 bits per heavy atom. The highest BCUT2D eigenvalue weighted by molar-refractivity contribution is 5.41. The minimum Gasteiger partial charge on any atom is -0.489 e. The molecular weight excluding hydrogens is 233 g/mol. The summed E-state index contributed by atoms with van der Waals surface area (Å²) in [5.41, 5.74) is 9.54. The lowest BCUT2D eigenvalue weighted by atomic mass is 10.2. The Morgan fingerprint density at radius 3 is 2.61 bits per heavy atom. The van der Waals surface area contributed by atoms with Gasteiger partial charge in [-0.2, -0.15) is 0 Å². The van der Waals surface area contributed by atoms with Crippen LogP contribution in [0.5, 0.6) is 5.75 Å². The van der Waals surface area contributed by atoms with Gasteiger partial charge in [-0.3, -0.25) is 0 Å². The number of hydrogen-bond acceptors (Lipinski definition) is 2. The summed E-state index contributed by atoms with van der Waals surface area (Å²) in [4.78, 5) is 2.68. The van der Waals surface area contributed by atoms with Gasteiger partial charge in [0.15, 0.2) is 0 Å². The molecule has 18 heavy (non-hydrogen) atoms. The first-order chi connectivity index (χ1) is 8.78. The van der Waals surface area contributed by atoms with Gasteiger partial charge in [0.2, 0.25) is 0 Å². The van der Waals surface area contributed by atoms with E-state index in [1.54, 1.807) is 36.4 Å². The fourth-order valence-corrected chi connectivity index (χ4v) is 1.45. The van der Waals surface area contributed by atoms with Crippen molar-refractivity contribution in [2.75, 3.05) is 0 Å². The van der Waals surface area contributed by atoms with Crippen LogP contribution in [0.1, 0.15) is 5.56 Å². The molecule has 0 aromatic heterocycles. The molecule has 0 spiro atoms. The van der Waals surface area contributed by atoms with Gasteiger partial charge in [-0.15, -0.1) is 0 Å². The van der Waals surface area contributed by atoms with Crippen LogP contribution in [0.25, 0.3) is 10.4 Å². The number of hydrogen-bond donors (Lipinski definition) is 0. The molecule has 0 heterocycles. The van der Waals surface area contributed by atoms with Crippen molar-refractivity contribution in [3.05, 3.63) is 70.4 Å². The number of nitrogens with zero attached hydrogens (tertiary/aromatic N) is 3. The molecule has 0 unspecified atom stereocenters. The van der Waals surface area contributed by atoms with Crippen LogP contribution in [0.2, 0.25) is 0 Å². The maximum absolute atomic E-state index is 12.9. The molecule has 0 radical (unpaired) electrons. The molecule has 90 valence electrons. The molecule has 0 aliphatic heterocycles. The minimum absolute atomic E-state index is 0.283. The first-order valence-electron chi connectivity index (χ1n) is 5.30. The van der Waals surface area contributed by atoms with Gasteiger partial charge in [-0.05, 0) is 47.5 Å². The highest BCUT2D eigenvalue weighted by atomic mass is 19.1. The van der Waals surface area contributed by atoms with E-state index >= 15 is 0 Å². The highest BCUT2D eigenvalue weighted by Gasteiger charge is 1.97. The third-order valence-electron chi connectivity index (χ3n) is 2.29. The number of azide groups is 1. The predicted octanol–water partition coefficient (Wildman–Crippen LogP) is 4.35. The van der Waals surface area contributed by atoms with Gasteiger partial charge in [-0.1, -0.05) is 17.2 Å². The molecule has 0 atom stereocenters. The highest BCUT2D eigenvalue weighted by Crippen LogP contribution is 2.19. The molecule has 0 aliphatic rings. The van der Waals surface area contributed by atoms with Crippen LogP contribution in [0.3, 0.4) is 0 Å². The molecule has 2 aromatic carbocycles. The van der Waals surface area contributed by atoms with Crippen molar-refractivity contribution in [1.82, 2.24) is 0 Å². The van der Waals surface area contributed by atoms with E-state index in [-0.39, 0.29) is 5.82 Å². The van der Waals surface area contributed by atoms with E-state index < -0.39 is 0 Å². The number of benzene rings is 2. The largest absolute Gasteiger partial charge is 0.489 e. The molecule has 0 saturated heterocycles. The van der Waals surface area contributed by atoms with Crippen LogP contribution in [-0.4, -0.2) is 0 Å². The molecule has 0 amide bonds. The van der Waals surface area contributed by atoms with E-state index in [9.17, 15) is 4.39 Å². The Morgan fingerprint density at radius 1 is 1.17 bits per heavy atom. The van der Waals surface area contributed by atoms with Crippen molar-refractivity contribution in [1.29, 1.82) is 0 Å². The second-order valence-corrected chi connectivity index (χ2v) is 3.60. The Labute approximate surface area is 103 Å². The fraction of sp³-hybridized carbons (Fsp3) is 0.0769. The number of halogens is 1. The summed E-state index contributed by atoms with van der Waals surface area (Å²) in [6.45, 7) is 0.290. The second-order valence-electron chi connectivity index (χ2n) is 3.60. The smallest absolute Gasteiger partial charge is 0.123 e. The Hall–Kier alpha value is -2.52. The maximum Gasteiger partial charge on any atom is 0.123 e. The standard InChI is InChI=1S/C13H10FN3O/c14-11-3-1-2-10(8-11)9-18-13-6-4-12(5-7-13)16-17-15/h1-8H,9H2. The van der Waals surface area contributed by atoms with Crippen LogP contribution in [0, 0.1) is 5.82 Å². The zero-order chi connectivity index (χ0) is 12.8. The third-order valence-corrected chi connectivity index (χ3v) is 2.29. The van der Waals surface area contributed by atoms with Crippen molar-refractivity contribution >= 4 is 5.69 Å². The van der Waals surface area contributed by atoms with E-state index in [1.807, 2.05) is 0 Å². The SMILES string of the molecule is [N-]=[N+]=Nc1ccc(OCc2cccc(F)c2)cc1. The zero-order valence-electron chi connectivity index (χ0n) is 9.45. The molecule has 0 fully saturated rings. The van der Waals surface area contributed by atoms with Gasteiger partial charge in [0.1, 0.15) is 18.2 Å². The fourth-order valence-electron chi connectivity index (χ4n) is 1.45. The van der Waals surface area contributed by atoms with E-state index in [4.69, 9.17) is 10.3 Å². The van der Waals surface area contributed by atoms with Gasteiger partial charge >= 0.3 is 0 Å². The molecule has 0 aliphatic carbocycles. The van der Waals surface area contributed by atoms with E-state index in [0.29, 0.717) is 18.0 Å².